The van der Waals surface area contributed by atoms with Gasteiger partial charge in [-0.3, -0.25) is 0 Å². The van der Waals surface area contributed by atoms with Crippen LogP contribution in [0.2, 0.25) is 0 Å². The van der Waals surface area contributed by atoms with Gasteiger partial charge in [-0.1, -0.05) is 179 Å². The summed E-state index contributed by atoms with van der Waals surface area (Å²) in [6.07, 6.45) is 0. The second-order valence-electron chi connectivity index (χ2n) is 16.9. The predicted molar refractivity (Wildman–Crippen MR) is 242 cm³/mol. The fourth-order valence-electron chi connectivity index (χ4n) is 10.3. The molecule has 0 bridgehead atoms. The van der Waals surface area contributed by atoms with Gasteiger partial charge in [0.1, 0.15) is 0 Å². The van der Waals surface area contributed by atoms with E-state index in [0.29, 0.717) is 0 Å². The molecule has 2 aliphatic rings. The summed E-state index contributed by atoms with van der Waals surface area (Å²) in [5.74, 6) is 0. The van der Waals surface area contributed by atoms with Crippen molar-refractivity contribution >= 4 is 38.6 Å². The Morgan fingerprint density at radius 3 is 1.75 bits per heavy atom. The van der Waals surface area contributed by atoms with Crippen LogP contribution in [0.3, 0.4) is 0 Å². The first kappa shape index (κ1) is 33.6. The first-order valence-corrected chi connectivity index (χ1v) is 20.2. The molecule has 0 aliphatic heterocycles. The van der Waals surface area contributed by atoms with E-state index in [4.69, 9.17) is 0 Å². The number of hydrogen-bond donors (Lipinski definition) is 0. The van der Waals surface area contributed by atoms with Crippen molar-refractivity contribution in [3.63, 3.8) is 0 Å². The minimum atomic E-state index is -0.124. The number of nitrogens with zero attached hydrogens (tertiary/aromatic N) is 1. The smallest absolute Gasteiger partial charge is 0.0540 e. The van der Waals surface area contributed by atoms with Crippen molar-refractivity contribution < 1.29 is 0 Å². The van der Waals surface area contributed by atoms with Gasteiger partial charge in [0.05, 0.1) is 5.69 Å². The molecule has 0 saturated carbocycles. The molecule has 0 saturated heterocycles. The molecule has 9 aromatic rings. The summed E-state index contributed by atoms with van der Waals surface area (Å²) >= 11 is 0. The molecular weight excluding hydrogens is 687 g/mol. The molecule has 0 N–H and O–H groups in total. The summed E-state index contributed by atoms with van der Waals surface area (Å²) in [6.45, 7) is 9.50. The molecule has 0 spiro atoms. The quantitative estimate of drug-likeness (QED) is 0.159. The average molecular weight is 730 g/mol. The van der Waals surface area contributed by atoms with Crippen LogP contribution in [0.1, 0.15) is 49.9 Å². The van der Waals surface area contributed by atoms with Gasteiger partial charge in [0.15, 0.2) is 0 Å². The van der Waals surface area contributed by atoms with Crippen LogP contribution in [-0.4, -0.2) is 0 Å². The highest BCUT2D eigenvalue weighted by Crippen LogP contribution is 2.54. The molecule has 0 atom stereocenters. The van der Waals surface area contributed by atoms with Gasteiger partial charge in [-0.05, 0) is 119 Å². The molecule has 0 radical (unpaired) electrons. The second kappa shape index (κ2) is 12.4. The van der Waals surface area contributed by atoms with Crippen molar-refractivity contribution in [2.45, 2.75) is 38.5 Å². The topological polar surface area (TPSA) is 3.24 Å². The largest absolute Gasteiger partial charge is 0.310 e. The van der Waals surface area contributed by atoms with Gasteiger partial charge in [0, 0.05) is 27.8 Å². The van der Waals surface area contributed by atoms with E-state index < -0.39 is 0 Å². The maximum Gasteiger partial charge on any atom is 0.0540 e. The summed E-state index contributed by atoms with van der Waals surface area (Å²) in [5.41, 5.74) is 19.0. The number of rotatable bonds is 5. The molecule has 11 rings (SSSR count). The van der Waals surface area contributed by atoms with Crippen molar-refractivity contribution in [2.75, 3.05) is 4.90 Å². The van der Waals surface area contributed by atoms with E-state index in [-0.39, 0.29) is 10.8 Å². The lowest BCUT2D eigenvalue weighted by molar-refractivity contribution is 0.660. The molecule has 9 aromatic carbocycles. The molecule has 0 fully saturated rings. The van der Waals surface area contributed by atoms with Gasteiger partial charge in [-0.25, -0.2) is 0 Å². The lowest BCUT2D eigenvalue weighted by atomic mass is 9.79. The van der Waals surface area contributed by atoms with Crippen LogP contribution in [-0.2, 0) is 10.8 Å². The van der Waals surface area contributed by atoms with Crippen molar-refractivity contribution in [1.82, 2.24) is 0 Å². The molecule has 0 heterocycles. The van der Waals surface area contributed by atoms with Crippen LogP contribution in [0.25, 0.3) is 66.1 Å². The number of hydrogen-bond acceptors (Lipinski definition) is 1. The van der Waals surface area contributed by atoms with Crippen molar-refractivity contribution in [3.05, 3.63) is 210 Å². The minimum absolute atomic E-state index is 0.118. The molecule has 0 amide bonds. The summed E-state index contributed by atoms with van der Waals surface area (Å²) < 4.78 is 0. The third-order valence-electron chi connectivity index (χ3n) is 13.0. The molecule has 0 aromatic heterocycles. The Labute approximate surface area is 335 Å². The average Bonchev–Trinajstić information content (AvgIpc) is 3.63. The van der Waals surface area contributed by atoms with Crippen LogP contribution >= 0.6 is 0 Å². The minimum Gasteiger partial charge on any atom is -0.310 e. The Balaban J connectivity index is 1.12. The van der Waals surface area contributed by atoms with Gasteiger partial charge < -0.3 is 4.90 Å². The van der Waals surface area contributed by atoms with Gasteiger partial charge in [-0.2, -0.15) is 0 Å². The van der Waals surface area contributed by atoms with E-state index >= 15 is 0 Å². The number of anilines is 3. The SMILES string of the molecule is CC1(C)c2ccccc2-c2ccc(N(c3cccc(-c4cccc5c4C(C)(C)c4ccccc4-5)c3)c3ccccc3-c3ccc4c(ccc5ccccc54)c3)cc21. The Kier molecular flexibility index (Phi) is 7.32. The summed E-state index contributed by atoms with van der Waals surface area (Å²) in [7, 11) is 0. The van der Waals surface area contributed by atoms with Gasteiger partial charge in [0.25, 0.3) is 0 Å². The zero-order chi connectivity index (χ0) is 38.5. The second-order valence-corrected chi connectivity index (χ2v) is 16.9. The van der Waals surface area contributed by atoms with Crippen molar-refractivity contribution in [1.29, 1.82) is 0 Å². The van der Waals surface area contributed by atoms with E-state index in [0.717, 1.165) is 17.1 Å². The van der Waals surface area contributed by atoms with E-state index in [1.165, 1.54) is 88.3 Å². The maximum atomic E-state index is 2.49. The first-order valence-electron chi connectivity index (χ1n) is 20.2. The lowest BCUT2D eigenvalue weighted by Crippen LogP contribution is -2.17. The van der Waals surface area contributed by atoms with Gasteiger partial charge in [-0.15, -0.1) is 0 Å². The Hall–Kier alpha value is -6.70. The fourth-order valence-corrected chi connectivity index (χ4v) is 10.3. The van der Waals surface area contributed by atoms with Crippen LogP contribution in [0.5, 0.6) is 0 Å². The van der Waals surface area contributed by atoms with E-state index in [1.54, 1.807) is 0 Å². The van der Waals surface area contributed by atoms with Crippen LogP contribution < -0.4 is 4.90 Å². The number of para-hydroxylation sites is 1. The number of fused-ring (bicyclic) bond motifs is 9. The van der Waals surface area contributed by atoms with Gasteiger partial charge >= 0.3 is 0 Å². The molecule has 57 heavy (non-hydrogen) atoms. The Morgan fingerprint density at radius 1 is 0.333 bits per heavy atom. The zero-order valence-corrected chi connectivity index (χ0v) is 32.8. The molecule has 1 nitrogen and oxygen atoms in total. The highest BCUT2D eigenvalue weighted by atomic mass is 15.1. The molecule has 1 heteroatoms. The predicted octanol–water partition coefficient (Wildman–Crippen LogP) is 15.4. The van der Waals surface area contributed by atoms with Crippen molar-refractivity contribution in [2.24, 2.45) is 0 Å². The van der Waals surface area contributed by atoms with E-state index in [9.17, 15) is 0 Å². The maximum absolute atomic E-state index is 2.49. The fraction of sp³-hybridized carbons (Fsp3) is 0.107. The zero-order valence-electron chi connectivity index (χ0n) is 32.8. The summed E-state index contributed by atoms with van der Waals surface area (Å²) in [6, 6.07) is 70.1. The number of benzene rings is 9. The van der Waals surface area contributed by atoms with Crippen LogP contribution in [0.15, 0.2) is 188 Å². The highest BCUT2D eigenvalue weighted by Gasteiger charge is 2.38. The summed E-state index contributed by atoms with van der Waals surface area (Å²) in [5, 5.41) is 5.07. The van der Waals surface area contributed by atoms with Crippen molar-refractivity contribution in [3.8, 4) is 44.5 Å². The Bertz CT molecular complexity index is 3090. The normalized spacial score (nSPS) is 14.2. The third kappa shape index (κ3) is 5.02. The monoisotopic (exact) mass is 729 g/mol. The molecular formula is C56H43N. The van der Waals surface area contributed by atoms with E-state index in [2.05, 4.69) is 221 Å². The van der Waals surface area contributed by atoms with Crippen LogP contribution in [0, 0.1) is 0 Å². The lowest BCUT2D eigenvalue weighted by Gasteiger charge is -2.30. The molecule has 2 aliphatic carbocycles. The van der Waals surface area contributed by atoms with Crippen LogP contribution in [0.4, 0.5) is 17.1 Å². The molecule has 272 valence electrons. The van der Waals surface area contributed by atoms with Gasteiger partial charge in [0.2, 0.25) is 0 Å². The standard InChI is InChI=1S/C56H43N/c1-55(2)50-24-10-7-20-46(50)48-32-30-41(35-52(48)55)57(53-26-12-9-19-44(53)39-29-31-43-38(33-39)28-27-36-15-5-6-18-42(36)43)40-17-13-16-37(34-40)45-22-14-23-49-47-21-8-11-25-51(47)56(3,4)54(45)49/h5-35H,1-4H3. The highest BCUT2D eigenvalue weighted by molar-refractivity contribution is 6.09. The third-order valence-corrected chi connectivity index (χ3v) is 13.0. The summed E-state index contributed by atoms with van der Waals surface area (Å²) in [4.78, 5) is 2.49. The Morgan fingerprint density at radius 2 is 0.912 bits per heavy atom. The first-order chi connectivity index (χ1) is 27.8. The van der Waals surface area contributed by atoms with E-state index in [1.807, 2.05) is 0 Å². The molecule has 0 unspecified atom stereocenters.